The molecular formula is C20H21FN4O2. The summed E-state index contributed by atoms with van der Waals surface area (Å²) in [6.07, 6.45) is -0.931. The van der Waals surface area contributed by atoms with Crippen molar-refractivity contribution in [2.75, 3.05) is 11.9 Å². The lowest BCUT2D eigenvalue weighted by molar-refractivity contribution is 0.175. The molecule has 0 aliphatic heterocycles. The maximum atomic E-state index is 12.9. The number of anilines is 1. The average Bonchev–Trinajstić information content (AvgIpc) is 3.00. The summed E-state index contributed by atoms with van der Waals surface area (Å²) in [6.45, 7) is 3.81. The molecule has 2 aromatic carbocycles. The highest BCUT2D eigenvalue weighted by molar-refractivity contribution is 5.88. The molecule has 0 fully saturated rings. The van der Waals surface area contributed by atoms with E-state index in [1.807, 2.05) is 38.1 Å². The fourth-order valence-corrected chi connectivity index (χ4v) is 2.73. The van der Waals surface area contributed by atoms with Crippen LogP contribution in [0.15, 0.2) is 54.6 Å². The molecule has 0 unspecified atom stereocenters. The van der Waals surface area contributed by atoms with Gasteiger partial charge in [0.1, 0.15) is 11.6 Å². The van der Waals surface area contributed by atoms with Gasteiger partial charge in [0.15, 0.2) is 0 Å². The SMILES string of the molecule is Cc1cc(NC(=O)NC[C@@H](O)c2ccc(F)cc2)n(-c2ccccc2C)n1. The van der Waals surface area contributed by atoms with E-state index in [0.29, 0.717) is 11.4 Å². The highest BCUT2D eigenvalue weighted by Crippen LogP contribution is 2.20. The normalized spacial score (nSPS) is 11.9. The van der Waals surface area contributed by atoms with Gasteiger partial charge in [-0.2, -0.15) is 5.10 Å². The number of hydrogen-bond donors (Lipinski definition) is 3. The quantitative estimate of drug-likeness (QED) is 0.645. The van der Waals surface area contributed by atoms with Crippen molar-refractivity contribution >= 4 is 11.8 Å². The van der Waals surface area contributed by atoms with Gasteiger partial charge < -0.3 is 10.4 Å². The van der Waals surface area contributed by atoms with Crippen molar-refractivity contribution in [3.8, 4) is 5.69 Å². The Labute approximate surface area is 156 Å². The predicted molar refractivity (Wildman–Crippen MR) is 101 cm³/mol. The molecule has 0 bridgehead atoms. The van der Waals surface area contributed by atoms with Crippen LogP contribution in [-0.2, 0) is 0 Å². The van der Waals surface area contributed by atoms with Crippen LogP contribution in [0.4, 0.5) is 15.0 Å². The summed E-state index contributed by atoms with van der Waals surface area (Å²) in [7, 11) is 0. The molecule has 0 saturated carbocycles. The fourth-order valence-electron chi connectivity index (χ4n) is 2.73. The molecule has 7 heteroatoms. The molecule has 0 saturated heterocycles. The van der Waals surface area contributed by atoms with E-state index in [1.54, 1.807) is 10.7 Å². The number of hydrogen-bond acceptors (Lipinski definition) is 3. The number of aromatic nitrogens is 2. The molecule has 0 spiro atoms. The molecule has 1 heterocycles. The first-order chi connectivity index (χ1) is 12.9. The summed E-state index contributed by atoms with van der Waals surface area (Å²) in [5.74, 6) is 0.145. The van der Waals surface area contributed by atoms with Crippen molar-refractivity contribution in [1.82, 2.24) is 15.1 Å². The summed E-state index contributed by atoms with van der Waals surface area (Å²) in [5, 5.41) is 19.9. The lowest BCUT2D eigenvalue weighted by atomic mass is 10.1. The zero-order chi connectivity index (χ0) is 19.4. The second kappa shape index (κ2) is 8.01. The third-order valence-electron chi connectivity index (χ3n) is 4.13. The van der Waals surface area contributed by atoms with Crippen LogP contribution in [0.3, 0.4) is 0 Å². The minimum Gasteiger partial charge on any atom is -0.387 e. The van der Waals surface area contributed by atoms with E-state index in [-0.39, 0.29) is 12.4 Å². The summed E-state index contributed by atoms with van der Waals surface area (Å²) in [4.78, 5) is 12.2. The highest BCUT2D eigenvalue weighted by atomic mass is 19.1. The van der Waals surface area contributed by atoms with Gasteiger partial charge in [-0.1, -0.05) is 30.3 Å². The van der Waals surface area contributed by atoms with Gasteiger partial charge in [0.25, 0.3) is 0 Å². The van der Waals surface area contributed by atoms with Gasteiger partial charge in [-0.05, 0) is 43.2 Å². The lowest BCUT2D eigenvalue weighted by Gasteiger charge is -2.14. The first kappa shape index (κ1) is 18.6. The Hall–Kier alpha value is -3.19. The van der Waals surface area contributed by atoms with Crippen molar-refractivity contribution in [2.24, 2.45) is 0 Å². The van der Waals surface area contributed by atoms with Crippen molar-refractivity contribution in [1.29, 1.82) is 0 Å². The van der Waals surface area contributed by atoms with Crippen LogP contribution in [0, 0.1) is 19.7 Å². The smallest absolute Gasteiger partial charge is 0.320 e. The first-order valence-corrected chi connectivity index (χ1v) is 8.55. The first-order valence-electron chi connectivity index (χ1n) is 8.55. The van der Waals surface area contributed by atoms with Crippen LogP contribution in [0.25, 0.3) is 5.69 Å². The number of para-hydroxylation sites is 1. The number of benzene rings is 2. The highest BCUT2D eigenvalue weighted by Gasteiger charge is 2.14. The maximum Gasteiger partial charge on any atom is 0.320 e. The molecule has 2 amide bonds. The van der Waals surface area contributed by atoms with E-state index in [0.717, 1.165) is 16.9 Å². The van der Waals surface area contributed by atoms with Gasteiger partial charge in [-0.3, -0.25) is 5.32 Å². The van der Waals surface area contributed by atoms with E-state index in [9.17, 15) is 14.3 Å². The Morgan fingerprint density at radius 1 is 1.19 bits per heavy atom. The summed E-state index contributed by atoms with van der Waals surface area (Å²) in [6, 6.07) is 14.5. The Bertz CT molecular complexity index is 937. The van der Waals surface area contributed by atoms with Crippen molar-refractivity contribution < 1.29 is 14.3 Å². The van der Waals surface area contributed by atoms with E-state index < -0.39 is 12.1 Å². The van der Waals surface area contributed by atoms with E-state index >= 15 is 0 Å². The Kier molecular flexibility index (Phi) is 5.52. The van der Waals surface area contributed by atoms with Crippen LogP contribution >= 0.6 is 0 Å². The van der Waals surface area contributed by atoms with Gasteiger partial charge in [0.05, 0.1) is 17.5 Å². The zero-order valence-corrected chi connectivity index (χ0v) is 15.1. The number of amides is 2. The van der Waals surface area contributed by atoms with Gasteiger partial charge in [0, 0.05) is 12.6 Å². The number of nitrogens with one attached hydrogen (secondary N) is 2. The Morgan fingerprint density at radius 2 is 1.89 bits per heavy atom. The van der Waals surface area contributed by atoms with E-state index in [4.69, 9.17) is 0 Å². The second-order valence-corrected chi connectivity index (χ2v) is 6.27. The van der Waals surface area contributed by atoms with Gasteiger partial charge in [-0.25, -0.2) is 13.9 Å². The Morgan fingerprint density at radius 3 is 2.59 bits per heavy atom. The average molecular weight is 368 g/mol. The molecule has 27 heavy (non-hydrogen) atoms. The largest absolute Gasteiger partial charge is 0.387 e. The fraction of sp³-hybridized carbons (Fsp3) is 0.200. The van der Waals surface area contributed by atoms with E-state index in [2.05, 4.69) is 15.7 Å². The summed E-state index contributed by atoms with van der Waals surface area (Å²) in [5.41, 5.74) is 3.18. The van der Waals surface area contributed by atoms with E-state index in [1.165, 1.54) is 24.3 Å². The van der Waals surface area contributed by atoms with Crippen LogP contribution < -0.4 is 10.6 Å². The lowest BCUT2D eigenvalue weighted by Crippen LogP contribution is -2.33. The van der Waals surface area contributed by atoms with Gasteiger partial charge >= 0.3 is 6.03 Å². The molecule has 0 radical (unpaired) electrons. The zero-order valence-electron chi connectivity index (χ0n) is 15.1. The molecule has 1 atom stereocenters. The predicted octanol–water partition coefficient (Wildman–Crippen LogP) is 3.48. The summed E-state index contributed by atoms with van der Waals surface area (Å²) < 4.78 is 14.6. The number of rotatable bonds is 5. The molecule has 6 nitrogen and oxygen atoms in total. The number of carbonyl (C=O) groups is 1. The number of aliphatic hydroxyl groups is 1. The molecule has 0 aliphatic carbocycles. The van der Waals surface area contributed by atoms with Crippen molar-refractivity contribution in [2.45, 2.75) is 20.0 Å². The minimum atomic E-state index is -0.931. The van der Waals surface area contributed by atoms with Crippen molar-refractivity contribution in [3.05, 3.63) is 77.2 Å². The second-order valence-electron chi connectivity index (χ2n) is 6.27. The van der Waals surface area contributed by atoms with Crippen LogP contribution in [0.5, 0.6) is 0 Å². The number of halogens is 1. The molecule has 1 aromatic heterocycles. The van der Waals surface area contributed by atoms with Crippen molar-refractivity contribution in [3.63, 3.8) is 0 Å². The van der Waals surface area contributed by atoms with Gasteiger partial charge in [-0.15, -0.1) is 0 Å². The number of urea groups is 1. The molecule has 3 rings (SSSR count). The number of nitrogens with zero attached hydrogens (tertiary/aromatic N) is 2. The molecule has 0 aliphatic rings. The standard InChI is InChI=1S/C20H21FN4O2/c1-13-5-3-4-6-17(13)25-19(11-14(2)24-25)23-20(27)22-12-18(26)15-7-9-16(21)10-8-15/h3-11,18,26H,12H2,1-2H3,(H2,22,23,27)/t18-/m1/s1. The van der Waals surface area contributed by atoms with Crippen LogP contribution in [0.2, 0.25) is 0 Å². The maximum absolute atomic E-state index is 12.9. The molecular weight excluding hydrogens is 347 g/mol. The summed E-state index contributed by atoms with van der Waals surface area (Å²) >= 11 is 0. The monoisotopic (exact) mass is 368 g/mol. The van der Waals surface area contributed by atoms with Crippen LogP contribution in [-0.4, -0.2) is 27.5 Å². The number of aliphatic hydroxyl groups excluding tert-OH is 1. The molecule has 3 N–H and O–H groups in total. The van der Waals surface area contributed by atoms with Crippen LogP contribution in [0.1, 0.15) is 22.9 Å². The third kappa shape index (κ3) is 4.51. The number of aryl methyl sites for hydroxylation is 2. The third-order valence-corrected chi connectivity index (χ3v) is 4.13. The molecule has 3 aromatic rings. The minimum absolute atomic E-state index is 0.00501. The molecule has 140 valence electrons. The topological polar surface area (TPSA) is 79.2 Å². The number of carbonyl (C=O) groups excluding carboxylic acids is 1. The Balaban J connectivity index is 1.66. The van der Waals surface area contributed by atoms with Gasteiger partial charge in [0.2, 0.25) is 0 Å².